The first-order chi connectivity index (χ1) is 8.66. The number of hydrogen-bond donors (Lipinski definition) is 1. The van der Waals surface area contributed by atoms with Gasteiger partial charge < -0.3 is 10.2 Å². The van der Waals surface area contributed by atoms with E-state index in [1.807, 2.05) is 11.0 Å². The van der Waals surface area contributed by atoms with Crippen molar-refractivity contribution in [1.82, 2.24) is 10.2 Å². The molecule has 0 aliphatic carbocycles. The molecule has 5 heteroatoms. The van der Waals surface area contributed by atoms with Crippen LogP contribution in [0.4, 0.5) is 0 Å². The minimum Gasteiger partial charge on any atom is -0.340 e. The average molecular weight is 287 g/mol. The number of carbonyl (C=O) groups excluding carboxylic acids is 1. The second-order valence-corrected chi connectivity index (χ2v) is 5.21. The highest BCUT2D eigenvalue weighted by atomic mass is 35.5. The summed E-state index contributed by atoms with van der Waals surface area (Å²) in [7, 11) is 0. The second-order valence-electron chi connectivity index (χ2n) is 4.37. The van der Waals surface area contributed by atoms with Crippen molar-refractivity contribution in [3.63, 3.8) is 0 Å². The van der Waals surface area contributed by atoms with Gasteiger partial charge in [-0.15, -0.1) is 0 Å². The van der Waals surface area contributed by atoms with Crippen LogP contribution in [-0.2, 0) is 11.2 Å². The summed E-state index contributed by atoms with van der Waals surface area (Å²) in [5.74, 6) is 0.197. The number of rotatable bonds is 3. The number of nitrogens with zero attached hydrogens (tertiary/aromatic N) is 1. The van der Waals surface area contributed by atoms with Crippen molar-refractivity contribution in [3.8, 4) is 0 Å². The first-order valence-electron chi connectivity index (χ1n) is 6.09. The molecule has 1 aliphatic rings. The summed E-state index contributed by atoms with van der Waals surface area (Å²) in [6.07, 6.45) is 1.17. The fourth-order valence-corrected chi connectivity index (χ4v) is 2.54. The number of carbonyl (C=O) groups is 1. The van der Waals surface area contributed by atoms with Crippen molar-refractivity contribution >= 4 is 29.1 Å². The maximum atomic E-state index is 12.0. The Morgan fingerprint density at radius 1 is 1.28 bits per heavy atom. The topological polar surface area (TPSA) is 32.3 Å². The molecule has 1 N–H and O–H groups in total. The average Bonchev–Trinajstić information content (AvgIpc) is 2.38. The lowest BCUT2D eigenvalue weighted by molar-refractivity contribution is -0.131. The van der Waals surface area contributed by atoms with E-state index >= 15 is 0 Å². The molecule has 0 atom stereocenters. The molecule has 18 heavy (non-hydrogen) atoms. The zero-order valence-electron chi connectivity index (χ0n) is 10.1. The number of amides is 1. The first kappa shape index (κ1) is 13.7. The lowest BCUT2D eigenvalue weighted by Crippen LogP contribution is -2.46. The van der Waals surface area contributed by atoms with Crippen LogP contribution in [0.5, 0.6) is 0 Å². The standard InChI is InChI=1S/C13H16Cl2N2O/c14-11-3-1-10(12(15)9-11)2-4-13(18)17-7-5-16-6-8-17/h1,3,9,16H,2,4-8H2. The number of hydrogen-bond acceptors (Lipinski definition) is 2. The van der Waals surface area contributed by atoms with E-state index in [2.05, 4.69) is 5.32 Å². The summed E-state index contributed by atoms with van der Waals surface area (Å²) >= 11 is 11.9. The minimum atomic E-state index is 0.197. The summed E-state index contributed by atoms with van der Waals surface area (Å²) in [5.41, 5.74) is 0.976. The Balaban J connectivity index is 1.88. The molecular weight excluding hydrogens is 271 g/mol. The summed E-state index contributed by atoms with van der Waals surface area (Å²) < 4.78 is 0. The highest BCUT2D eigenvalue weighted by Crippen LogP contribution is 2.22. The zero-order chi connectivity index (χ0) is 13.0. The molecule has 1 aromatic rings. The van der Waals surface area contributed by atoms with Crippen LogP contribution in [0.3, 0.4) is 0 Å². The zero-order valence-corrected chi connectivity index (χ0v) is 11.6. The Morgan fingerprint density at radius 2 is 2.00 bits per heavy atom. The number of aryl methyl sites for hydroxylation is 1. The van der Waals surface area contributed by atoms with Gasteiger partial charge in [0.2, 0.25) is 5.91 Å². The third-order valence-corrected chi connectivity index (χ3v) is 3.68. The van der Waals surface area contributed by atoms with Gasteiger partial charge in [0.1, 0.15) is 0 Å². The van der Waals surface area contributed by atoms with E-state index in [4.69, 9.17) is 23.2 Å². The van der Waals surface area contributed by atoms with E-state index in [0.29, 0.717) is 22.9 Å². The molecular formula is C13H16Cl2N2O. The van der Waals surface area contributed by atoms with Crippen LogP contribution in [0.2, 0.25) is 10.0 Å². The van der Waals surface area contributed by atoms with Crippen molar-refractivity contribution in [1.29, 1.82) is 0 Å². The normalized spacial score (nSPS) is 15.8. The SMILES string of the molecule is O=C(CCc1ccc(Cl)cc1Cl)N1CCNCC1. The quantitative estimate of drug-likeness (QED) is 0.925. The van der Waals surface area contributed by atoms with Crippen LogP contribution in [0, 0.1) is 0 Å². The molecule has 0 spiro atoms. The highest BCUT2D eigenvalue weighted by Gasteiger charge is 2.16. The summed E-state index contributed by atoms with van der Waals surface area (Å²) in [4.78, 5) is 13.9. The second kappa shape index (κ2) is 6.41. The summed E-state index contributed by atoms with van der Waals surface area (Å²) in [6.45, 7) is 3.36. The maximum absolute atomic E-state index is 12.0. The Labute approximate surface area is 117 Å². The van der Waals surface area contributed by atoms with Gasteiger partial charge in [0.15, 0.2) is 0 Å². The third-order valence-electron chi connectivity index (χ3n) is 3.09. The van der Waals surface area contributed by atoms with Gasteiger partial charge in [-0.2, -0.15) is 0 Å². The Bertz CT molecular complexity index is 431. The molecule has 0 unspecified atom stereocenters. The number of nitrogens with one attached hydrogen (secondary N) is 1. The summed E-state index contributed by atoms with van der Waals surface area (Å²) in [6, 6.07) is 5.40. The monoisotopic (exact) mass is 286 g/mol. The lowest BCUT2D eigenvalue weighted by atomic mass is 10.1. The van der Waals surface area contributed by atoms with Crippen LogP contribution in [-0.4, -0.2) is 37.0 Å². The maximum Gasteiger partial charge on any atom is 0.222 e. The van der Waals surface area contributed by atoms with Crippen molar-refractivity contribution < 1.29 is 4.79 Å². The van der Waals surface area contributed by atoms with Gasteiger partial charge in [-0.25, -0.2) is 0 Å². The molecule has 98 valence electrons. The van der Waals surface area contributed by atoms with Gasteiger partial charge in [-0.1, -0.05) is 29.3 Å². The molecule has 1 saturated heterocycles. The van der Waals surface area contributed by atoms with Crippen molar-refractivity contribution in [2.45, 2.75) is 12.8 Å². The predicted octanol–water partition coefficient (Wildman–Crippen LogP) is 2.36. The van der Waals surface area contributed by atoms with Crippen LogP contribution in [0.1, 0.15) is 12.0 Å². The molecule has 0 bridgehead atoms. The fourth-order valence-electron chi connectivity index (χ4n) is 2.04. The van der Waals surface area contributed by atoms with E-state index in [9.17, 15) is 4.79 Å². The molecule has 1 fully saturated rings. The van der Waals surface area contributed by atoms with Gasteiger partial charge in [-0.3, -0.25) is 4.79 Å². The number of piperazine rings is 1. The van der Waals surface area contributed by atoms with Gasteiger partial charge in [0.05, 0.1) is 0 Å². The Hall–Kier alpha value is -0.770. The molecule has 1 aliphatic heterocycles. The third kappa shape index (κ3) is 3.61. The summed E-state index contributed by atoms with van der Waals surface area (Å²) in [5, 5.41) is 4.49. The lowest BCUT2D eigenvalue weighted by Gasteiger charge is -2.27. The Morgan fingerprint density at radius 3 is 2.67 bits per heavy atom. The minimum absolute atomic E-state index is 0.197. The molecule has 3 nitrogen and oxygen atoms in total. The molecule has 1 amide bonds. The van der Waals surface area contributed by atoms with Crippen LogP contribution < -0.4 is 5.32 Å². The molecule has 0 radical (unpaired) electrons. The molecule has 2 rings (SSSR count). The van der Waals surface area contributed by atoms with E-state index in [1.54, 1.807) is 12.1 Å². The first-order valence-corrected chi connectivity index (χ1v) is 6.85. The van der Waals surface area contributed by atoms with Gasteiger partial charge >= 0.3 is 0 Å². The van der Waals surface area contributed by atoms with Crippen LogP contribution in [0.15, 0.2) is 18.2 Å². The molecule has 1 heterocycles. The smallest absolute Gasteiger partial charge is 0.222 e. The van der Waals surface area contributed by atoms with Crippen LogP contribution >= 0.6 is 23.2 Å². The fraction of sp³-hybridized carbons (Fsp3) is 0.462. The van der Waals surface area contributed by atoms with Gasteiger partial charge in [0, 0.05) is 42.6 Å². The van der Waals surface area contributed by atoms with Crippen molar-refractivity contribution in [3.05, 3.63) is 33.8 Å². The molecule has 0 aromatic heterocycles. The Kier molecular flexibility index (Phi) is 4.87. The largest absolute Gasteiger partial charge is 0.340 e. The van der Waals surface area contributed by atoms with E-state index in [1.165, 1.54) is 0 Å². The van der Waals surface area contributed by atoms with Crippen LogP contribution in [0.25, 0.3) is 0 Å². The van der Waals surface area contributed by atoms with Gasteiger partial charge in [-0.05, 0) is 24.1 Å². The van der Waals surface area contributed by atoms with E-state index in [-0.39, 0.29) is 5.91 Å². The van der Waals surface area contributed by atoms with Gasteiger partial charge in [0.25, 0.3) is 0 Å². The van der Waals surface area contributed by atoms with Crippen molar-refractivity contribution in [2.75, 3.05) is 26.2 Å². The number of benzene rings is 1. The van der Waals surface area contributed by atoms with E-state index < -0.39 is 0 Å². The van der Waals surface area contributed by atoms with Crippen molar-refractivity contribution in [2.24, 2.45) is 0 Å². The highest BCUT2D eigenvalue weighted by molar-refractivity contribution is 6.35. The molecule has 0 saturated carbocycles. The molecule has 1 aromatic carbocycles. The predicted molar refractivity (Wildman–Crippen MR) is 74.2 cm³/mol. The number of halogens is 2. The van der Waals surface area contributed by atoms with E-state index in [0.717, 1.165) is 31.7 Å².